The first-order chi connectivity index (χ1) is 16.9. The normalized spacial score (nSPS) is 16.8. The molecule has 11 heteroatoms. The highest BCUT2D eigenvalue weighted by molar-refractivity contribution is 8.18. The molecule has 0 unspecified atom stereocenters. The first kappa shape index (κ1) is 24.3. The lowest BCUT2D eigenvalue weighted by molar-refractivity contribution is -0.385. The standard InChI is InChI=1S/C24H23N3O7S/c1-33-19-11-17(18(27(31)32)13-20(19)34-15-16-7-3-2-4-8-16)12-21-23(29)26(24(30)35-21)14-22(28)25-9-5-6-10-25/h2-4,7-8,11-13H,5-6,9-10,14-15H2,1H3/b21-12-. The Kier molecular flexibility index (Phi) is 7.35. The van der Waals surface area contributed by atoms with Crippen LogP contribution in [-0.4, -0.2) is 58.5 Å². The van der Waals surface area contributed by atoms with Crippen LogP contribution in [0, 0.1) is 10.1 Å². The van der Waals surface area contributed by atoms with E-state index in [1.165, 1.54) is 25.3 Å². The largest absolute Gasteiger partial charge is 0.493 e. The highest BCUT2D eigenvalue weighted by Gasteiger charge is 2.38. The first-order valence-corrected chi connectivity index (χ1v) is 11.8. The molecule has 2 saturated heterocycles. The van der Waals surface area contributed by atoms with Gasteiger partial charge in [0, 0.05) is 13.1 Å². The van der Waals surface area contributed by atoms with Gasteiger partial charge >= 0.3 is 0 Å². The van der Waals surface area contributed by atoms with E-state index in [4.69, 9.17) is 9.47 Å². The summed E-state index contributed by atoms with van der Waals surface area (Å²) in [5.74, 6) is -0.547. The van der Waals surface area contributed by atoms with Gasteiger partial charge in [0.2, 0.25) is 5.91 Å². The van der Waals surface area contributed by atoms with E-state index in [2.05, 4.69) is 0 Å². The molecule has 10 nitrogen and oxygen atoms in total. The summed E-state index contributed by atoms with van der Waals surface area (Å²) >= 11 is 0.640. The number of nitro groups is 1. The van der Waals surface area contributed by atoms with Crippen molar-refractivity contribution < 1.29 is 28.8 Å². The molecule has 0 N–H and O–H groups in total. The third-order valence-corrected chi connectivity index (χ3v) is 6.57. The van der Waals surface area contributed by atoms with Gasteiger partial charge in [0.25, 0.3) is 16.8 Å². The van der Waals surface area contributed by atoms with Gasteiger partial charge in [-0.25, -0.2) is 0 Å². The van der Waals surface area contributed by atoms with Crippen molar-refractivity contribution in [2.45, 2.75) is 19.4 Å². The predicted octanol–water partition coefficient (Wildman–Crippen LogP) is 3.84. The Balaban J connectivity index is 1.58. The van der Waals surface area contributed by atoms with Gasteiger partial charge < -0.3 is 14.4 Å². The molecule has 182 valence electrons. The summed E-state index contributed by atoms with van der Waals surface area (Å²) in [7, 11) is 1.40. The molecule has 2 aromatic rings. The third kappa shape index (κ3) is 5.46. The number of nitrogens with zero attached hydrogens (tertiary/aromatic N) is 3. The Bertz CT molecular complexity index is 1190. The molecule has 2 aliphatic heterocycles. The Morgan fingerprint density at radius 3 is 2.51 bits per heavy atom. The van der Waals surface area contributed by atoms with Crippen molar-refractivity contribution in [2.24, 2.45) is 0 Å². The van der Waals surface area contributed by atoms with E-state index >= 15 is 0 Å². The molecular formula is C24H23N3O7S. The van der Waals surface area contributed by atoms with Crippen molar-refractivity contribution in [2.75, 3.05) is 26.7 Å². The number of hydrogen-bond donors (Lipinski definition) is 0. The molecule has 35 heavy (non-hydrogen) atoms. The number of likely N-dealkylation sites (tertiary alicyclic amines) is 1. The number of rotatable bonds is 8. The summed E-state index contributed by atoms with van der Waals surface area (Å²) in [6.07, 6.45) is 3.06. The number of nitro benzene ring substituents is 1. The van der Waals surface area contributed by atoms with Gasteiger partial charge in [0.15, 0.2) is 11.5 Å². The van der Waals surface area contributed by atoms with Gasteiger partial charge in [-0.15, -0.1) is 0 Å². The van der Waals surface area contributed by atoms with Crippen molar-refractivity contribution >= 4 is 40.6 Å². The average molecular weight is 498 g/mol. The Morgan fingerprint density at radius 2 is 1.86 bits per heavy atom. The summed E-state index contributed by atoms with van der Waals surface area (Å²) in [5, 5.41) is 11.2. The Labute approximate surface area is 205 Å². The van der Waals surface area contributed by atoms with Crippen molar-refractivity contribution in [3.05, 3.63) is 68.6 Å². The smallest absolute Gasteiger partial charge is 0.294 e. The molecule has 2 aliphatic rings. The second kappa shape index (κ2) is 10.6. The van der Waals surface area contributed by atoms with Crippen LogP contribution in [0.2, 0.25) is 0 Å². The molecule has 0 aromatic heterocycles. The van der Waals surface area contributed by atoms with Crippen molar-refractivity contribution in [3.63, 3.8) is 0 Å². The van der Waals surface area contributed by atoms with Gasteiger partial charge in [-0.1, -0.05) is 30.3 Å². The van der Waals surface area contributed by atoms with Crippen LogP contribution in [0.5, 0.6) is 11.5 Å². The van der Waals surface area contributed by atoms with Crippen LogP contribution in [0.3, 0.4) is 0 Å². The number of hydrogen-bond acceptors (Lipinski definition) is 8. The molecule has 0 atom stereocenters. The minimum atomic E-state index is -0.662. The van der Waals surface area contributed by atoms with E-state index in [1.807, 2.05) is 30.3 Å². The van der Waals surface area contributed by atoms with E-state index in [9.17, 15) is 24.5 Å². The van der Waals surface area contributed by atoms with Gasteiger partial charge in [0.1, 0.15) is 13.2 Å². The summed E-state index contributed by atoms with van der Waals surface area (Å²) in [6.45, 7) is 1.04. The van der Waals surface area contributed by atoms with Crippen LogP contribution < -0.4 is 9.47 Å². The maximum absolute atomic E-state index is 12.9. The van der Waals surface area contributed by atoms with Crippen molar-refractivity contribution in [3.8, 4) is 11.5 Å². The number of imide groups is 1. The van der Waals surface area contributed by atoms with E-state index < -0.39 is 16.1 Å². The van der Waals surface area contributed by atoms with E-state index in [1.54, 1.807) is 4.90 Å². The van der Waals surface area contributed by atoms with Gasteiger partial charge in [-0.05, 0) is 42.3 Å². The number of benzene rings is 2. The van der Waals surface area contributed by atoms with Gasteiger partial charge in [-0.2, -0.15) is 0 Å². The molecule has 0 aliphatic carbocycles. The number of methoxy groups -OCH3 is 1. The van der Waals surface area contributed by atoms with Crippen LogP contribution in [0.1, 0.15) is 24.0 Å². The second-order valence-corrected chi connectivity index (χ2v) is 8.94. The Morgan fingerprint density at radius 1 is 1.14 bits per heavy atom. The number of thioether (sulfide) groups is 1. The minimum Gasteiger partial charge on any atom is -0.493 e. The first-order valence-electron chi connectivity index (χ1n) is 10.9. The number of ether oxygens (including phenoxy) is 2. The Hall–Kier alpha value is -3.86. The number of amides is 3. The summed E-state index contributed by atoms with van der Waals surface area (Å²) < 4.78 is 11.1. The molecule has 0 radical (unpaired) electrons. The molecule has 2 aromatic carbocycles. The van der Waals surface area contributed by atoms with Crippen LogP contribution in [0.4, 0.5) is 10.5 Å². The lowest BCUT2D eigenvalue weighted by atomic mass is 10.1. The van der Waals surface area contributed by atoms with Crippen molar-refractivity contribution in [1.82, 2.24) is 9.80 Å². The van der Waals surface area contributed by atoms with Gasteiger partial charge in [0.05, 0.1) is 28.6 Å². The maximum atomic E-state index is 12.9. The van der Waals surface area contributed by atoms with Crippen LogP contribution in [0.25, 0.3) is 6.08 Å². The zero-order valence-electron chi connectivity index (χ0n) is 19.0. The molecule has 4 rings (SSSR count). The van der Waals surface area contributed by atoms with Crippen LogP contribution in [0.15, 0.2) is 47.4 Å². The summed E-state index contributed by atoms with van der Waals surface area (Å²) in [5.41, 5.74) is 0.641. The third-order valence-electron chi connectivity index (χ3n) is 5.66. The topological polar surface area (TPSA) is 119 Å². The number of carbonyl (C=O) groups excluding carboxylic acids is 3. The molecule has 0 spiro atoms. The van der Waals surface area contributed by atoms with Crippen molar-refractivity contribution in [1.29, 1.82) is 0 Å². The molecule has 0 saturated carbocycles. The fraction of sp³-hybridized carbons (Fsp3) is 0.292. The molecule has 2 fully saturated rings. The summed E-state index contributed by atoms with van der Waals surface area (Å²) in [6, 6.07) is 11.9. The highest BCUT2D eigenvalue weighted by atomic mass is 32.2. The zero-order chi connectivity index (χ0) is 24.9. The predicted molar refractivity (Wildman–Crippen MR) is 129 cm³/mol. The second-order valence-electron chi connectivity index (χ2n) is 7.95. The lowest BCUT2D eigenvalue weighted by Gasteiger charge is -2.18. The molecule has 2 heterocycles. The zero-order valence-corrected chi connectivity index (χ0v) is 19.8. The molecular weight excluding hydrogens is 474 g/mol. The lowest BCUT2D eigenvalue weighted by Crippen LogP contribution is -2.40. The van der Waals surface area contributed by atoms with Gasteiger partial charge in [-0.3, -0.25) is 29.4 Å². The summed E-state index contributed by atoms with van der Waals surface area (Å²) in [4.78, 5) is 51.4. The van der Waals surface area contributed by atoms with E-state index in [-0.39, 0.29) is 46.7 Å². The van der Waals surface area contributed by atoms with Crippen LogP contribution in [-0.2, 0) is 16.2 Å². The quantitative estimate of drug-likeness (QED) is 0.307. The highest BCUT2D eigenvalue weighted by Crippen LogP contribution is 2.39. The molecule has 3 amide bonds. The average Bonchev–Trinajstić information content (AvgIpc) is 3.48. The van der Waals surface area contributed by atoms with E-state index in [0.29, 0.717) is 24.9 Å². The fourth-order valence-corrected chi connectivity index (χ4v) is 4.65. The van der Waals surface area contributed by atoms with Crippen LogP contribution >= 0.6 is 11.8 Å². The molecule has 0 bridgehead atoms. The van der Waals surface area contributed by atoms with E-state index in [0.717, 1.165) is 23.3 Å². The number of carbonyl (C=O) groups is 3. The maximum Gasteiger partial charge on any atom is 0.294 e. The fourth-order valence-electron chi connectivity index (χ4n) is 3.83. The SMILES string of the molecule is COc1cc(/C=C2\SC(=O)N(CC(=O)N3CCCC3)C2=O)c([N+](=O)[O-])cc1OCc1ccccc1. The minimum absolute atomic E-state index is 0.00710. The monoisotopic (exact) mass is 497 g/mol.